The molecule has 0 unspecified atom stereocenters. The van der Waals surface area contributed by atoms with E-state index in [1.165, 1.54) is 17.8 Å². The molecule has 1 aromatic carbocycles. The van der Waals surface area contributed by atoms with E-state index in [0.29, 0.717) is 18.0 Å². The molecule has 1 N–H and O–H groups in total. The van der Waals surface area contributed by atoms with Crippen LogP contribution >= 0.6 is 0 Å². The number of hydrogen-bond acceptors (Lipinski definition) is 5. The number of nitrogens with one attached hydrogen (secondary N) is 1. The zero-order chi connectivity index (χ0) is 20.4. The maximum Gasteiger partial charge on any atom is 0.332 e. The molecule has 8 heteroatoms. The summed E-state index contributed by atoms with van der Waals surface area (Å²) in [5, 5.41) is 2.94. The van der Waals surface area contributed by atoms with Crippen molar-refractivity contribution in [3.8, 4) is 5.75 Å². The number of nitrogens with zero attached hydrogens (tertiary/aromatic N) is 3. The fourth-order valence-electron chi connectivity index (χ4n) is 3.02. The molecule has 0 aliphatic carbocycles. The SMILES string of the molecule is CCOc1ccnc2c1c(=O)n(CC(=O)Nc1cccc(C)c1C)c(=O)n2C. The predicted octanol–water partition coefficient (Wildman–Crippen LogP) is 1.75. The van der Waals surface area contributed by atoms with E-state index in [9.17, 15) is 14.4 Å². The Bertz CT molecular complexity index is 1180. The standard InChI is InChI=1S/C20H22N4O4/c1-5-28-15-9-10-21-18-17(15)19(26)24(20(27)23(18)4)11-16(25)22-14-8-6-7-12(2)13(14)3/h6-10H,5,11H2,1-4H3,(H,22,25). The molecule has 8 nitrogen and oxygen atoms in total. The van der Waals surface area contributed by atoms with E-state index < -0.39 is 23.7 Å². The first-order valence-corrected chi connectivity index (χ1v) is 8.92. The third kappa shape index (κ3) is 3.40. The molecular formula is C20H22N4O4. The summed E-state index contributed by atoms with van der Waals surface area (Å²) in [5.41, 5.74) is 1.60. The first-order chi connectivity index (χ1) is 13.3. The highest BCUT2D eigenvalue weighted by atomic mass is 16.5. The Hall–Kier alpha value is -3.42. The summed E-state index contributed by atoms with van der Waals surface area (Å²) < 4.78 is 7.65. The van der Waals surface area contributed by atoms with Gasteiger partial charge >= 0.3 is 5.69 Å². The second-order valence-electron chi connectivity index (χ2n) is 6.47. The number of rotatable bonds is 5. The molecule has 0 atom stereocenters. The lowest BCUT2D eigenvalue weighted by Crippen LogP contribution is -2.42. The van der Waals surface area contributed by atoms with E-state index in [2.05, 4.69) is 10.3 Å². The van der Waals surface area contributed by atoms with Crippen LogP contribution in [0.4, 0.5) is 5.69 Å². The van der Waals surface area contributed by atoms with Gasteiger partial charge in [-0.3, -0.25) is 14.2 Å². The van der Waals surface area contributed by atoms with E-state index in [-0.39, 0.29) is 11.0 Å². The van der Waals surface area contributed by atoms with Gasteiger partial charge in [0.05, 0.1) is 6.61 Å². The van der Waals surface area contributed by atoms with Crippen LogP contribution in [-0.2, 0) is 18.4 Å². The van der Waals surface area contributed by atoms with Gasteiger partial charge < -0.3 is 10.1 Å². The minimum atomic E-state index is -0.616. The van der Waals surface area contributed by atoms with Gasteiger partial charge in [0.25, 0.3) is 5.56 Å². The highest BCUT2D eigenvalue weighted by Crippen LogP contribution is 2.19. The Kier molecular flexibility index (Phi) is 5.30. The summed E-state index contributed by atoms with van der Waals surface area (Å²) >= 11 is 0. The zero-order valence-electron chi connectivity index (χ0n) is 16.3. The summed E-state index contributed by atoms with van der Waals surface area (Å²) in [4.78, 5) is 42.3. The van der Waals surface area contributed by atoms with Crippen LogP contribution in [0.2, 0.25) is 0 Å². The topological polar surface area (TPSA) is 95.2 Å². The molecule has 0 spiro atoms. The van der Waals surface area contributed by atoms with Crippen molar-refractivity contribution in [2.24, 2.45) is 7.05 Å². The second kappa shape index (κ2) is 7.67. The molecule has 0 bridgehead atoms. The van der Waals surface area contributed by atoms with Crippen LogP contribution in [0.1, 0.15) is 18.1 Å². The highest BCUT2D eigenvalue weighted by Gasteiger charge is 2.18. The molecule has 2 heterocycles. The van der Waals surface area contributed by atoms with Crippen molar-refractivity contribution in [3.05, 3.63) is 62.4 Å². The molecule has 0 saturated heterocycles. The number of aryl methyl sites for hydroxylation is 2. The lowest BCUT2D eigenvalue weighted by atomic mass is 10.1. The normalized spacial score (nSPS) is 10.9. The van der Waals surface area contributed by atoms with Crippen LogP contribution in [0.5, 0.6) is 5.75 Å². The molecule has 2 aromatic heterocycles. The summed E-state index contributed by atoms with van der Waals surface area (Å²) in [7, 11) is 1.51. The largest absolute Gasteiger partial charge is 0.493 e. The first kappa shape index (κ1) is 19.3. The molecule has 3 aromatic rings. The highest BCUT2D eigenvalue weighted by molar-refractivity contribution is 5.91. The summed E-state index contributed by atoms with van der Waals surface area (Å²) in [6.45, 7) is 5.58. The summed E-state index contributed by atoms with van der Waals surface area (Å²) in [5.74, 6) is -0.133. The van der Waals surface area contributed by atoms with E-state index in [1.807, 2.05) is 26.0 Å². The average molecular weight is 382 g/mol. The van der Waals surface area contributed by atoms with Gasteiger partial charge in [0, 0.05) is 18.9 Å². The van der Waals surface area contributed by atoms with Crippen molar-refractivity contribution in [2.45, 2.75) is 27.3 Å². The minimum Gasteiger partial charge on any atom is -0.493 e. The average Bonchev–Trinajstić information content (AvgIpc) is 2.67. The number of amides is 1. The van der Waals surface area contributed by atoms with Crippen LogP contribution in [0, 0.1) is 13.8 Å². The molecule has 3 rings (SSSR count). The molecule has 146 valence electrons. The van der Waals surface area contributed by atoms with E-state index in [1.54, 1.807) is 19.1 Å². The summed E-state index contributed by atoms with van der Waals surface area (Å²) in [6.07, 6.45) is 1.48. The predicted molar refractivity (Wildman–Crippen MR) is 107 cm³/mol. The Morgan fingerprint density at radius 1 is 1.21 bits per heavy atom. The van der Waals surface area contributed by atoms with Crippen LogP contribution in [0.15, 0.2) is 40.1 Å². The van der Waals surface area contributed by atoms with Gasteiger partial charge in [0.15, 0.2) is 5.65 Å². The first-order valence-electron chi connectivity index (χ1n) is 8.92. The smallest absolute Gasteiger partial charge is 0.332 e. The van der Waals surface area contributed by atoms with Crippen molar-refractivity contribution in [3.63, 3.8) is 0 Å². The molecule has 0 aliphatic rings. The van der Waals surface area contributed by atoms with E-state index >= 15 is 0 Å². The Morgan fingerprint density at radius 3 is 2.68 bits per heavy atom. The van der Waals surface area contributed by atoms with Gasteiger partial charge in [-0.1, -0.05) is 12.1 Å². The van der Waals surface area contributed by atoms with Gasteiger partial charge in [0.1, 0.15) is 17.7 Å². The number of benzene rings is 1. The number of ether oxygens (including phenoxy) is 1. The molecular weight excluding hydrogens is 360 g/mol. The number of hydrogen-bond donors (Lipinski definition) is 1. The number of carbonyl (C=O) groups is 1. The van der Waals surface area contributed by atoms with Crippen molar-refractivity contribution in [2.75, 3.05) is 11.9 Å². The molecule has 0 radical (unpaired) electrons. The number of pyridine rings is 1. The van der Waals surface area contributed by atoms with E-state index in [0.717, 1.165) is 15.7 Å². The minimum absolute atomic E-state index is 0.172. The van der Waals surface area contributed by atoms with Crippen molar-refractivity contribution >= 4 is 22.6 Å². The number of carbonyl (C=O) groups excluding carboxylic acids is 1. The van der Waals surface area contributed by atoms with Crippen molar-refractivity contribution < 1.29 is 9.53 Å². The summed E-state index contributed by atoms with van der Waals surface area (Å²) in [6, 6.07) is 7.12. The van der Waals surface area contributed by atoms with Crippen molar-refractivity contribution in [1.82, 2.24) is 14.1 Å². The Morgan fingerprint density at radius 2 is 1.96 bits per heavy atom. The number of aromatic nitrogens is 3. The second-order valence-corrected chi connectivity index (χ2v) is 6.47. The lowest BCUT2D eigenvalue weighted by Gasteiger charge is -2.14. The Labute approximate surface area is 161 Å². The van der Waals surface area contributed by atoms with Crippen LogP contribution in [0.25, 0.3) is 11.0 Å². The Balaban J connectivity index is 2.04. The molecule has 0 saturated carbocycles. The van der Waals surface area contributed by atoms with Gasteiger partial charge in [-0.15, -0.1) is 0 Å². The number of anilines is 1. The molecule has 1 amide bonds. The third-order valence-corrected chi connectivity index (χ3v) is 4.67. The number of fused-ring (bicyclic) bond motifs is 1. The fourth-order valence-corrected chi connectivity index (χ4v) is 3.02. The monoisotopic (exact) mass is 382 g/mol. The molecule has 28 heavy (non-hydrogen) atoms. The van der Waals surface area contributed by atoms with Gasteiger partial charge in [-0.2, -0.15) is 0 Å². The quantitative estimate of drug-likeness (QED) is 0.725. The fraction of sp³-hybridized carbons (Fsp3) is 0.300. The van der Waals surface area contributed by atoms with Crippen molar-refractivity contribution in [1.29, 1.82) is 0 Å². The lowest BCUT2D eigenvalue weighted by molar-refractivity contribution is -0.116. The van der Waals surface area contributed by atoms with Crippen LogP contribution < -0.4 is 21.3 Å². The maximum absolute atomic E-state index is 13.0. The van der Waals surface area contributed by atoms with Crippen LogP contribution in [-0.4, -0.2) is 26.6 Å². The van der Waals surface area contributed by atoms with E-state index in [4.69, 9.17) is 4.74 Å². The third-order valence-electron chi connectivity index (χ3n) is 4.67. The zero-order valence-corrected chi connectivity index (χ0v) is 16.3. The van der Waals surface area contributed by atoms with Crippen LogP contribution in [0.3, 0.4) is 0 Å². The van der Waals surface area contributed by atoms with Gasteiger partial charge in [0.2, 0.25) is 5.91 Å². The van der Waals surface area contributed by atoms with Gasteiger partial charge in [-0.05, 0) is 44.0 Å². The van der Waals surface area contributed by atoms with Gasteiger partial charge in [-0.25, -0.2) is 14.3 Å². The molecule has 0 aliphatic heterocycles. The maximum atomic E-state index is 13.0. The molecule has 0 fully saturated rings.